The number of imide groups is 2. The molecule has 154 valence electrons. The van der Waals surface area contributed by atoms with Gasteiger partial charge in [-0.2, -0.15) is 0 Å². The molecule has 1 fully saturated rings. The van der Waals surface area contributed by atoms with Crippen LogP contribution in [0.25, 0.3) is 17.4 Å². The predicted molar refractivity (Wildman–Crippen MR) is 111 cm³/mol. The van der Waals surface area contributed by atoms with Gasteiger partial charge in [-0.3, -0.25) is 25.0 Å². The molecule has 4 amide bonds. The van der Waals surface area contributed by atoms with Gasteiger partial charge >= 0.3 is 6.03 Å². The third-order valence-corrected chi connectivity index (χ3v) is 4.72. The number of para-hydroxylation sites is 1. The number of carbonyl (C=O) groups is 3. The minimum absolute atomic E-state index is 0.108. The van der Waals surface area contributed by atoms with E-state index < -0.39 is 22.8 Å². The van der Waals surface area contributed by atoms with E-state index in [2.05, 4.69) is 5.32 Å². The smallest absolute Gasteiger partial charge is 0.335 e. The van der Waals surface area contributed by atoms with Crippen molar-refractivity contribution in [2.24, 2.45) is 0 Å². The van der Waals surface area contributed by atoms with Gasteiger partial charge in [-0.15, -0.1) is 0 Å². The van der Waals surface area contributed by atoms with Gasteiger partial charge in [0.25, 0.3) is 17.5 Å². The van der Waals surface area contributed by atoms with Crippen LogP contribution in [0, 0.1) is 10.1 Å². The summed E-state index contributed by atoms with van der Waals surface area (Å²) >= 11 is 5.84. The number of hydrogen-bond acceptors (Lipinski definition) is 6. The molecule has 0 saturated carbocycles. The molecule has 1 saturated heterocycles. The first kappa shape index (κ1) is 20.0. The molecule has 1 aliphatic heterocycles. The second-order valence-corrected chi connectivity index (χ2v) is 6.85. The maximum atomic E-state index is 12.9. The van der Waals surface area contributed by atoms with Crippen molar-refractivity contribution in [1.82, 2.24) is 5.32 Å². The first-order valence-corrected chi connectivity index (χ1v) is 9.23. The second-order valence-electron chi connectivity index (χ2n) is 6.41. The number of amides is 4. The van der Waals surface area contributed by atoms with Gasteiger partial charge < -0.3 is 4.42 Å². The van der Waals surface area contributed by atoms with Crippen molar-refractivity contribution in [2.75, 3.05) is 4.90 Å². The van der Waals surface area contributed by atoms with E-state index in [0.29, 0.717) is 5.02 Å². The molecule has 3 aromatic rings. The molecule has 1 aromatic heterocycles. The molecule has 0 unspecified atom stereocenters. The Bertz CT molecular complexity index is 1260. The van der Waals surface area contributed by atoms with Gasteiger partial charge in [0.05, 0.1) is 16.2 Å². The fourth-order valence-corrected chi connectivity index (χ4v) is 3.17. The average Bonchev–Trinajstić information content (AvgIpc) is 3.21. The molecule has 0 radical (unpaired) electrons. The van der Waals surface area contributed by atoms with Gasteiger partial charge in [0, 0.05) is 11.1 Å². The third-order valence-electron chi connectivity index (χ3n) is 4.47. The third kappa shape index (κ3) is 3.81. The topological polar surface area (TPSA) is 123 Å². The monoisotopic (exact) mass is 437 g/mol. The lowest BCUT2D eigenvalue weighted by atomic mass is 10.1. The van der Waals surface area contributed by atoms with Gasteiger partial charge in [0.15, 0.2) is 0 Å². The van der Waals surface area contributed by atoms with E-state index in [4.69, 9.17) is 16.0 Å². The molecule has 1 N–H and O–H groups in total. The Kier molecular flexibility index (Phi) is 5.10. The minimum Gasteiger partial charge on any atom is -0.456 e. The van der Waals surface area contributed by atoms with Crippen molar-refractivity contribution in [3.8, 4) is 11.3 Å². The number of carbonyl (C=O) groups excluding carboxylic acids is 3. The van der Waals surface area contributed by atoms with Crippen molar-refractivity contribution < 1.29 is 23.7 Å². The molecule has 9 nitrogen and oxygen atoms in total. The zero-order chi connectivity index (χ0) is 22.1. The van der Waals surface area contributed by atoms with E-state index in [1.807, 2.05) is 0 Å². The van der Waals surface area contributed by atoms with Gasteiger partial charge in [-0.05, 0) is 48.5 Å². The Morgan fingerprint density at radius 2 is 1.71 bits per heavy atom. The van der Waals surface area contributed by atoms with Crippen LogP contribution in [0.5, 0.6) is 0 Å². The van der Waals surface area contributed by atoms with Gasteiger partial charge in [0.2, 0.25) is 0 Å². The summed E-state index contributed by atoms with van der Waals surface area (Å²) in [5.74, 6) is -1.44. The van der Waals surface area contributed by atoms with Crippen LogP contribution in [0.4, 0.5) is 16.2 Å². The Morgan fingerprint density at radius 1 is 1.00 bits per heavy atom. The molecule has 1 aliphatic rings. The Hall–Kier alpha value is -4.24. The number of nitro groups is 1. The number of nitro benzene ring substituents is 1. The first-order valence-electron chi connectivity index (χ1n) is 8.86. The molecule has 0 spiro atoms. The zero-order valence-electron chi connectivity index (χ0n) is 15.6. The molecule has 2 heterocycles. The quantitative estimate of drug-likeness (QED) is 0.283. The van der Waals surface area contributed by atoms with Crippen LogP contribution < -0.4 is 10.2 Å². The number of urea groups is 1. The summed E-state index contributed by atoms with van der Waals surface area (Å²) in [6.45, 7) is 0. The minimum atomic E-state index is -0.894. The van der Waals surface area contributed by atoms with Crippen molar-refractivity contribution in [3.63, 3.8) is 0 Å². The van der Waals surface area contributed by atoms with Crippen LogP contribution in [0.3, 0.4) is 0 Å². The highest BCUT2D eigenvalue weighted by atomic mass is 35.5. The standard InChI is InChI=1S/C21H12ClN3O6/c22-12-5-7-13(8-6-12)24-20(27)16(19(26)23-21(24)28)11-14-9-10-18(31-14)15-3-1-2-4-17(15)25(29)30/h1-11H,(H,23,26,28)/b16-11-. The molecule has 31 heavy (non-hydrogen) atoms. The van der Waals surface area contributed by atoms with E-state index in [0.717, 1.165) is 4.90 Å². The SMILES string of the molecule is O=C1NC(=O)N(c2ccc(Cl)cc2)C(=O)/C1=C\c1ccc(-c2ccccc2[N+](=O)[O-])o1. The predicted octanol–water partition coefficient (Wildman–Crippen LogP) is 4.17. The van der Waals surface area contributed by atoms with Gasteiger partial charge in [-0.25, -0.2) is 9.69 Å². The van der Waals surface area contributed by atoms with E-state index in [1.165, 1.54) is 60.7 Å². The summed E-state index contributed by atoms with van der Waals surface area (Å²) < 4.78 is 5.61. The van der Waals surface area contributed by atoms with E-state index in [1.54, 1.807) is 6.07 Å². The van der Waals surface area contributed by atoms with Gasteiger partial charge in [0.1, 0.15) is 17.1 Å². The van der Waals surface area contributed by atoms with Crippen LogP contribution >= 0.6 is 11.6 Å². The fourth-order valence-electron chi connectivity index (χ4n) is 3.04. The largest absolute Gasteiger partial charge is 0.456 e. The molecule has 0 aliphatic carbocycles. The Morgan fingerprint density at radius 3 is 2.42 bits per heavy atom. The maximum absolute atomic E-state index is 12.9. The highest BCUT2D eigenvalue weighted by molar-refractivity contribution is 6.39. The molecule has 0 atom stereocenters. The number of benzene rings is 2. The summed E-state index contributed by atoms with van der Waals surface area (Å²) in [6.07, 6.45) is 1.17. The molecule has 0 bridgehead atoms. The lowest BCUT2D eigenvalue weighted by Gasteiger charge is -2.26. The molecular formula is C21H12ClN3O6. The first-order chi connectivity index (χ1) is 14.8. The summed E-state index contributed by atoms with van der Waals surface area (Å²) in [5.41, 5.74) is -0.0139. The van der Waals surface area contributed by atoms with E-state index in [-0.39, 0.29) is 34.0 Å². The molecular weight excluding hydrogens is 426 g/mol. The second kappa shape index (κ2) is 7.88. The summed E-state index contributed by atoms with van der Waals surface area (Å²) in [5, 5.41) is 13.8. The summed E-state index contributed by atoms with van der Waals surface area (Å²) in [6, 6.07) is 14.0. The number of furan rings is 1. The Labute approximate surface area is 179 Å². The van der Waals surface area contributed by atoms with Crippen molar-refractivity contribution in [1.29, 1.82) is 0 Å². The van der Waals surface area contributed by atoms with Crippen LogP contribution in [0.2, 0.25) is 5.02 Å². The van der Waals surface area contributed by atoms with Crippen LogP contribution in [0.15, 0.2) is 70.7 Å². The summed E-state index contributed by atoms with van der Waals surface area (Å²) in [4.78, 5) is 48.9. The number of halogens is 1. The average molecular weight is 438 g/mol. The van der Waals surface area contributed by atoms with Crippen molar-refractivity contribution in [3.05, 3.63) is 87.1 Å². The number of barbiturate groups is 1. The number of anilines is 1. The number of nitrogens with one attached hydrogen (secondary N) is 1. The van der Waals surface area contributed by atoms with E-state index >= 15 is 0 Å². The summed E-state index contributed by atoms with van der Waals surface area (Å²) in [7, 11) is 0. The van der Waals surface area contributed by atoms with Crippen molar-refractivity contribution >= 4 is 46.9 Å². The zero-order valence-corrected chi connectivity index (χ0v) is 16.3. The van der Waals surface area contributed by atoms with E-state index in [9.17, 15) is 24.5 Å². The molecule has 2 aromatic carbocycles. The highest BCUT2D eigenvalue weighted by Gasteiger charge is 2.37. The normalized spacial score (nSPS) is 15.3. The number of hydrogen-bond donors (Lipinski definition) is 1. The highest BCUT2D eigenvalue weighted by Crippen LogP contribution is 2.32. The Balaban J connectivity index is 1.69. The maximum Gasteiger partial charge on any atom is 0.335 e. The lowest BCUT2D eigenvalue weighted by molar-refractivity contribution is -0.384. The number of nitrogens with zero attached hydrogens (tertiary/aromatic N) is 2. The van der Waals surface area contributed by atoms with Crippen molar-refractivity contribution in [2.45, 2.75) is 0 Å². The lowest BCUT2D eigenvalue weighted by Crippen LogP contribution is -2.54. The number of rotatable bonds is 4. The molecule has 4 rings (SSSR count). The van der Waals surface area contributed by atoms with Gasteiger partial charge in [-0.1, -0.05) is 23.7 Å². The molecule has 10 heteroatoms. The van der Waals surface area contributed by atoms with Crippen LogP contribution in [-0.2, 0) is 9.59 Å². The van der Waals surface area contributed by atoms with Crippen LogP contribution in [-0.4, -0.2) is 22.8 Å². The fraction of sp³-hybridized carbons (Fsp3) is 0. The van der Waals surface area contributed by atoms with Crippen LogP contribution in [0.1, 0.15) is 5.76 Å².